The van der Waals surface area contributed by atoms with Crippen LogP contribution in [0, 0.1) is 5.92 Å². The van der Waals surface area contributed by atoms with Crippen molar-refractivity contribution >= 4 is 16.6 Å². The van der Waals surface area contributed by atoms with Crippen LogP contribution in [0.15, 0.2) is 24.4 Å². The fourth-order valence-electron chi connectivity index (χ4n) is 3.40. The number of hydrogen-bond acceptors (Lipinski definition) is 4. The second kappa shape index (κ2) is 5.43. The lowest BCUT2D eigenvalue weighted by Gasteiger charge is -2.12. The Kier molecular flexibility index (Phi) is 3.30. The van der Waals surface area contributed by atoms with Gasteiger partial charge in [-0.15, -0.1) is 0 Å². The zero-order valence-electron chi connectivity index (χ0n) is 12.1. The van der Waals surface area contributed by atoms with Gasteiger partial charge in [-0.2, -0.15) is 0 Å². The lowest BCUT2D eigenvalue weighted by atomic mass is 10.0. The maximum absolute atomic E-state index is 5.47. The quantitative estimate of drug-likeness (QED) is 0.923. The van der Waals surface area contributed by atoms with E-state index in [9.17, 15) is 0 Å². The summed E-state index contributed by atoms with van der Waals surface area (Å²) in [6.45, 7) is 1.30. The molecule has 1 N–H and O–H groups in total. The van der Waals surface area contributed by atoms with Gasteiger partial charge in [0.1, 0.15) is 5.82 Å². The van der Waals surface area contributed by atoms with E-state index in [1.165, 1.54) is 32.1 Å². The molecule has 0 bridgehead atoms. The predicted octanol–water partition coefficient (Wildman–Crippen LogP) is 3.96. The van der Waals surface area contributed by atoms with Crippen LogP contribution >= 0.6 is 0 Å². The van der Waals surface area contributed by atoms with Gasteiger partial charge in [-0.25, -0.2) is 4.98 Å². The summed E-state index contributed by atoms with van der Waals surface area (Å²) in [5.41, 5.74) is 0. The molecule has 2 aliphatic rings. The monoisotopic (exact) mass is 284 g/mol. The fraction of sp³-hybridized carbons (Fsp3) is 0.471. The van der Waals surface area contributed by atoms with Crippen molar-refractivity contribution in [1.29, 1.82) is 0 Å². The molecule has 0 radical (unpaired) electrons. The van der Waals surface area contributed by atoms with E-state index >= 15 is 0 Å². The van der Waals surface area contributed by atoms with Crippen LogP contribution < -0.4 is 14.8 Å². The number of ether oxygens (including phenoxy) is 2. The minimum Gasteiger partial charge on any atom is -0.454 e. The number of fused-ring (bicyclic) bond motifs is 2. The van der Waals surface area contributed by atoms with E-state index in [1.807, 2.05) is 24.4 Å². The maximum atomic E-state index is 5.47. The number of pyridine rings is 1. The summed E-state index contributed by atoms with van der Waals surface area (Å²) >= 11 is 0. The van der Waals surface area contributed by atoms with Crippen LogP contribution in [-0.4, -0.2) is 18.3 Å². The van der Waals surface area contributed by atoms with Crippen LogP contribution in [0.3, 0.4) is 0 Å². The standard InChI is InChI=1S/C17H20N2O2/c1-2-4-12(3-1)5-7-18-17-14-10-16-15(20-11-21-16)9-13(14)6-8-19-17/h6,8-10,12H,1-5,7,11H2,(H,18,19). The average Bonchev–Trinajstić information content (AvgIpc) is 3.16. The summed E-state index contributed by atoms with van der Waals surface area (Å²) in [5, 5.41) is 5.74. The van der Waals surface area contributed by atoms with E-state index < -0.39 is 0 Å². The molecule has 0 atom stereocenters. The Hall–Kier alpha value is -1.97. The van der Waals surface area contributed by atoms with Gasteiger partial charge in [0.2, 0.25) is 6.79 Å². The third kappa shape index (κ3) is 2.50. The fourth-order valence-corrected chi connectivity index (χ4v) is 3.40. The molecular weight excluding hydrogens is 264 g/mol. The molecule has 4 rings (SSSR count). The van der Waals surface area contributed by atoms with E-state index in [-0.39, 0.29) is 0 Å². The second-order valence-electron chi connectivity index (χ2n) is 5.95. The number of aromatic nitrogens is 1. The van der Waals surface area contributed by atoms with Crippen molar-refractivity contribution in [2.45, 2.75) is 32.1 Å². The zero-order chi connectivity index (χ0) is 14.1. The molecule has 110 valence electrons. The summed E-state index contributed by atoms with van der Waals surface area (Å²) in [6.07, 6.45) is 8.68. The number of benzene rings is 1. The van der Waals surface area contributed by atoms with E-state index in [1.54, 1.807) is 0 Å². The molecule has 1 aliphatic carbocycles. The van der Waals surface area contributed by atoms with Gasteiger partial charge in [0.25, 0.3) is 0 Å². The van der Waals surface area contributed by atoms with Crippen molar-refractivity contribution in [2.24, 2.45) is 5.92 Å². The number of nitrogens with one attached hydrogen (secondary N) is 1. The molecular formula is C17H20N2O2. The Labute approximate surface area is 124 Å². The highest BCUT2D eigenvalue weighted by atomic mass is 16.7. The van der Waals surface area contributed by atoms with Crippen molar-refractivity contribution in [3.8, 4) is 11.5 Å². The Morgan fingerprint density at radius 1 is 1.14 bits per heavy atom. The van der Waals surface area contributed by atoms with Crippen LogP contribution in [-0.2, 0) is 0 Å². The summed E-state index contributed by atoms with van der Waals surface area (Å²) in [7, 11) is 0. The van der Waals surface area contributed by atoms with Crippen LogP contribution in [0.25, 0.3) is 10.8 Å². The highest BCUT2D eigenvalue weighted by Crippen LogP contribution is 2.37. The molecule has 4 nitrogen and oxygen atoms in total. The van der Waals surface area contributed by atoms with Gasteiger partial charge in [-0.3, -0.25) is 0 Å². The van der Waals surface area contributed by atoms with E-state index in [4.69, 9.17) is 9.47 Å². The Morgan fingerprint density at radius 2 is 1.95 bits per heavy atom. The van der Waals surface area contributed by atoms with Gasteiger partial charge < -0.3 is 14.8 Å². The smallest absolute Gasteiger partial charge is 0.231 e. The minimum atomic E-state index is 0.309. The Balaban J connectivity index is 1.53. The van der Waals surface area contributed by atoms with Crippen molar-refractivity contribution < 1.29 is 9.47 Å². The molecule has 21 heavy (non-hydrogen) atoms. The summed E-state index contributed by atoms with van der Waals surface area (Å²) < 4.78 is 10.9. The van der Waals surface area contributed by atoms with Crippen molar-refractivity contribution in [3.05, 3.63) is 24.4 Å². The van der Waals surface area contributed by atoms with Crippen LogP contribution in [0.1, 0.15) is 32.1 Å². The van der Waals surface area contributed by atoms with Gasteiger partial charge >= 0.3 is 0 Å². The molecule has 1 saturated carbocycles. The van der Waals surface area contributed by atoms with Gasteiger partial charge in [-0.1, -0.05) is 25.7 Å². The predicted molar refractivity (Wildman–Crippen MR) is 82.9 cm³/mol. The normalized spacial score (nSPS) is 17.5. The molecule has 0 unspecified atom stereocenters. The molecule has 1 aromatic carbocycles. The molecule has 0 saturated heterocycles. The highest BCUT2D eigenvalue weighted by molar-refractivity contribution is 5.94. The van der Waals surface area contributed by atoms with Gasteiger partial charge in [-0.05, 0) is 35.9 Å². The molecule has 1 aromatic heterocycles. The number of hydrogen-bond donors (Lipinski definition) is 1. The summed E-state index contributed by atoms with van der Waals surface area (Å²) in [6, 6.07) is 6.07. The molecule has 4 heteroatoms. The lowest BCUT2D eigenvalue weighted by Crippen LogP contribution is -2.08. The minimum absolute atomic E-state index is 0.309. The van der Waals surface area contributed by atoms with Crippen LogP contribution in [0.2, 0.25) is 0 Å². The molecule has 0 amide bonds. The third-order valence-electron chi connectivity index (χ3n) is 4.58. The molecule has 0 spiro atoms. The second-order valence-corrected chi connectivity index (χ2v) is 5.95. The molecule has 1 fully saturated rings. The zero-order valence-corrected chi connectivity index (χ0v) is 12.1. The first-order valence-corrected chi connectivity index (χ1v) is 7.82. The van der Waals surface area contributed by atoms with E-state index in [0.29, 0.717) is 6.79 Å². The van der Waals surface area contributed by atoms with Crippen molar-refractivity contribution in [1.82, 2.24) is 4.98 Å². The average molecular weight is 284 g/mol. The van der Waals surface area contributed by atoms with E-state index in [2.05, 4.69) is 10.3 Å². The van der Waals surface area contributed by atoms with Gasteiger partial charge in [0.15, 0.2) is 11.5 Å². The first-order chi connectivity index (χ1) is 10.4. The van der Waals surface area contributed by atoms with Crippen molar-refractivity contribution in [3.63, 3.8) is 0 Å². The number of rotatable bonds is 4. The Morgan fingerprint density at radius 3 is 2.81 bits per heavy atom. The SMILES string of the molecule is c1cc2cc3c(cc2c(NCCC2CCCC2)n1)OCO3. The molecule has 1 aliphatic heterocycles. The summed E-state index contributed by atoms with van der Waals surface area (Å²) in [4.78, 5) is 4.49. The van der Waals surface area contributed by atoms with E-state index in [0.717, 1.165) is 40.6 Å². The third-order valence-corrected chi connectivity index (χ3v) is 4.58. The summed E-state index contributed by atoms with van der Waals surface area (Å²) in [5.74, 6) is 3.48. The first kappa shape index (κ1) is 12.7. The first-order valence-electron chi connectivity index (χ1n) is 7.82. The Bertz CT molecular complexity index is 651. The lowest BCUT2D eigenvalue weighted by molar-refractivity contribution is 0.174. The van der Waals surface area contributed by atoms with Crippen LogP contribution in [0.4, 0.5) is 5.82 Å². The highest BCUT2D eigenvalue weighted by Gasteiger charge is 2.17. The van der Waals surface area contributed by atoms with Gasteiger partial charge in [0.05, 0.1) is 0 Å². The molecule has 2 aromatic rings. The van der Waals surface area contributed by atoms with Crippen molar-refractivity contribution in [2.75, 3.05) is 18.7 Å². The van der Waals surface area contributed by atoms with Gasteiger partial charge in [0, 0.05) is 18.1 Å². The largest absolute Gasteiger partial charge is 0.454 e. The van der Waals surface area contributed by atoms with Crippen LogP contribution in [0.5, 0.6) is 11.5 Å². The number of nitrogens with zero attached hydrogens (tertiary/aromatic N) is 1. The maximum Gasteiger partial charge on any atom is 0.231 e. The topological polar surface area (TPSA) is 43.4 Å². The molecule has 2 heterocycles. The number of anilines is 1.